The molecule has 0 N–H and O–H groups in total. The average molecular weight is 503 g/mol. The molecule has 2 aromatic heterocycles. The Morgan fingerprint density at radius 2 is 1.64 bits per heavy atom. The first-order valence-corrected chi connectivity index (χ1v) is 14.2. The molecule has 0 atom stereocenters. The zero-order valence-corrected chi connectivity index (χ0v) is 22.1. The van der Waals surface area contributed by atoms with Gasteiger partial charge >= 0.3 is 0 Å². The molecule has 0 unspecified atom stereocenters. The van der Waals surface area contributed by atoms with Gasteiger partial charge in [0.05, 0.1) is 11.1 Å². The van der Waals surface area contributed by atoms with Crippen LogP contribution in [0.3, 0.4) is 0 Å². The lowest BCUT2D eigenvalue weighted by atomic mass is 9.53. The van der Waals surface area contributed by atoms with E-state index in [0.29, 0.717) is 10.6 Å². The van der Waals surface area contributed by atoms with Gasteiger partial charge < -0.3 is 4.90 Å². The monoisotopic (exact) mass is 502 g/mol. The van der Waals surface area contributed by atoms with Gasteiger partial charge in [-0.05, 0) is 93.6 Å². The summed E-state index contributed by atoms with van der Waals surface area (Å²) in [6.45, 7) is 6.32. The van der Waals surface area contributed by atoms with Crippen molar-refractivity contribution in [3.63, 3.8) is 0 Å². The molecule has 1 aromatic carbocycles. The van der Waals surface area contributed by atoms with Crippen LogP contribution in [-0.4, -0.2) is 27.6 Å². The molecule has 5 nitrogen and oxygen atoms in total. The molecule has 4 aliphatic carbocycles. The largest absolute Gasteiger partial charge is 0.341 e. The highest BCUT2D eigenvalue weighted by molar-refractivity contribution is 6.33. The normalized spacial score (nSPS) is 29.9. The van der Waals surface area contributed by atoms with Gasteiger partial charge in [-0.1, -0.05) is 36.7 Å². The van der Waals surface area contributed by atoms with E-state index in [1.54, 1.807) is 0 Å². The van der Waals surface area contributed by atoms with Crippen molar-refractivity contribution >= 4 is 28.6 Å². The van der Waals surface area contributed by atoms with Gasteiger partial charge in [-0.15, -0.1) is 0 Å². The molecule has 3 aromatic rings. The zero-order valence-electron chi connectivity index (χ0n) is 21.3. The Balaban J connectivity index is 1.49. The van der Waals surface area contributed by atoms with Crippen LogP contribution >= 0.6 is 11.6 Å². The molecule has 0 spiro atoms. The number of anilines is 1. The second kappa shape index (κ2) is 8.31. The van der Waals surface area contributed by atoms with Crippen LogP contribution in [0.25, 0.3) is 22.2 Å². The van der Waals surface area contributed by atoms with E-state index >= 15 is 0 Å². The molecule has 1 saturated heterocycles. The van der Waals surface area contributed by atoms with E-state index in [1.807, 2.05) is 37.4 Å². The lowest BCUT2D eigenvalue weighted by Gasteiger charge is -2.57. The Bertz CT molecular complexity index is 1370. The van der Waals surface area contributed by atoms with E-state index in [0.717, 1.165) is 97.0 Å². The highest BCUT2D eigenvalue weighted by atomic mass is 35.5. The number of aromatic nitrogens is 3. The number of hydrogen-bond acceptors (Lipinski definition) is 4. The summed E-state index contributed by atoms with van der Waals surface area (Å²) in [6.07, 6.45) is 11.6. The van der Waals surface area contributed by atoms with Gasteiger partial charge in [0.15, 0.2) is 0 Å². The van der Waals surface area contributed by atoms with Crippen molar-refractivity contribution in [2.24, 2.45) is 23.7 Å². The minimum Gasteiger partial charge on any atom is -0.341 e. The molecule has 5 fully saturated rings. The summed E-state index contributed by atoms with van der Waals surface area (Å²) < 4.78 is 2.15. The van der Waals surface area contributed by atoms with Crippen LogP contribution in [-0.2, 0) is 5.54 Å². The van der Waals surface area contributed by atoms with Crippen molar-refractivity contribution in [2.75, 3.05) is 18.0 Å². The van der Waals surface area contributed by atoms with E-state index in [1.165, 1.54) is 19.3 Å². The topological polar surface area (TPSA) is 51.0 Å². The van der Waals surface area contributed by atoms with E-state index in [2.05, 4.69) is 16.4 Å². The first-order valence-electron chi connectivity index (χ1n) is 13.8. The molecule has 8 rings (SSSR count). The molecule has 6 heteroatoms. The summed E-state index contributed by atoms with van der Waals surface area (Å²) in [5.74, 6) is 3.71. The lowest BCUT2D eigenvalue weighted by Crippen LogP contribution is -2.55. The summed E-state index contributed by atoms with van der Waals surface area (Å²) in [5, 5.41) is 1.60. The Morgan fingerprint density at radius 1 is 1.00 bits per heavy atom. The molecule has 4 bridgehead atoms. The predicted molar refractivity (Wildman–Crippen MR) is 146 cm³/mol. The molecule has 0 amide bonds. The predicted octanol–water partition coefficient (Wildman–Crippen LogP) is 6.58. The molecule has 0 radical (unpaired) electrons. The number of piperidine rings is 1. The number of pyridine rings is 1. The van der Waals surface area contributed by atoms with Crippen LogP contribution in [0.4, 0.5) is 5.95 Å². The maximum atomic E-state index is 14.6. The van der Waals surface area contributed by atoms with E-state index in [4.69, 9.17) is 21.6 Å². The van der Waals surface area contributed by atoms with Crippen LogP contribution in [0, 0.1) is 30.6 Å². The number of benzene rings is 1. The second-order valence-electron chi connectivity index (χ2n) is 12.3. The molecule has 3 heterocycles. The minimum atomic E-state index is -0.143. The molecule has 188 valence electrons. The fourth-order valence-corrected chi connectivity index (χ4v) is 8.65. The van der Waals surface area contributed by atoms with E-state index in [-0.39, 0.29) is 11.1 Å². The third-order valence-corrected chi connectivity index (χ3v) is 10.2. The summed E-state index contributed by atoms with van der Waals surface area (Å²) in [5.41, 5.74) is 3.23. The fraction of sp³-hybridized carbons (Fsp3) is 0.567. The van der Waals surface area contributed by atoms with Crippen molar-refractivity contribution in [2.45, 2.75) is 70.8 Å². The summed E-state index contributed by atoms with van der Waals surface area (Å²) in [4.78, 5) is 27.0. The third-order valence-electron chi connectivity index (χ3n) is 9.85. The van der Waals surface area contributed by atoms with Crippen molar-refractivity contribution in [1.29, 1.82) is 0 Å². The fourth-order valence-electron chi connectivity index (χ4n) is 8.42. The highest BCUT2D eigenvalue weighted by Gasteiger charge is 2.53. The van der Waals surface area contributed by atoms with Crippen LogP contribution in [0.15, 0.2) is 35.3 Å². The number of aryl methyl sites for hydroxylation is 1. The molecule has 36 heavy (non-hydrogen) atoms. The Morgan fingerprint density at radius 3 is 2.28 bits per heavy atom. The highest BCUT2D eigenvalue weighted by Crippen LogP contribution is 2.59. The van der Waals surface area contributed by atoms with Gasteiger partial charge in [-0.2, -0.15) is 4.98 Å². The standard InChI is InChI=1S/C30H35ClN4O/c1-18-7-9-34(10-8-18)29-32-17-24-19(2)26(23-5-3-4-6-25(23)31)28(36)35(27(24)33-29)30-14-20-11-21(15-30)13-22(12-20)16-30/h3-6,17-18,20-22H,7-16H2,1-2H3. The second-order valence-corrected chi connectivity index (χ2v) is 12.7. The van der Waals surface area contributed by atoms with Crippen molar-refractivity contribution in [3.8, 4) is 11.1 Å². The first-order chi connectivity index (χ1) is 17.4. The molecular formula is C30H35ClN4O. The maximum absolute atomic E-state index is 14.6. The number of fused-ring (bicyclic) bond motifs is 1. The van der Waals surface area contributed by atoms with Crippen LogP contribution in [0.5, 0.6) is 0 Å². The molecular weight excluding hydrogens is 468 g/mol. The van der Waals surface area contributed by atoms with Gasteiger partial charge in [0, 0.05) is 35.3 Å². The number of halogens is 1. The Hall–Kier alpha value is -2.40. The quantitative estimate of drug-likeness (QED) is 0.405. The van der Waals surface area contributed by atoms with Crippen LogP contribution < -0.4 is 10.5 Å². The first kappa shape index (κ1) is 22.8. The van der Waals surface area contributed by atoms with Gasteiger partial charge in [0.25, 0.3) is 5.56 Å². The molecule has 1 aliphatic heterocycles. The van der Waals surface area contributed by atoms with Crippen LogP contribution in [0.1, 0.15) is 63.9 Å². The SMILES string of the molecule is Cc1c(-c2ccccc2Cl)c(=O)n(C23CC4CC(CC(C4)C2)C3)c2nc(N3CCC(C)CC3)ncc12. The minimum absolute atomic E-state index is 0.0759. The molecule has 4 saturated carbocycles. The van der Waals surface area contributed by atoms with E-state index in [9.17, 15) is 4.79 Å². The van der Waals surface area contributed by atoms with Crippen molar-refractivity contribution < 1.29 is 0 Å². The molecule has 5 aliphatic rings. The average Bonchev–Trinajstić information content (AvgIpc) is 2.84. The van der Waals surface area contributed by atoms with Gasteiger partial charge in [-0.25, -0.2) is 4.98 Å². The maximum Gasteiger partial charge on any atom is 0.260 e. The van der Waals surface area contributed by atoms with Crippen LogP contribution in [0.2, 0.25) is 5.02 Å². The van der Waals surface area contributed by atoms with Gasteiger partial charge in [-0.3, -0.25) is 9.36 Å². The number of nitrogens with zero attached hydrogens (tertiary/aromatic N) is 4. The summed E-state index contributed by atoms with van der Waals surface area (Å²) in [6, 6.07) is 7.75. The lowest BCUT2D eigenvalue weighted by molar-refractivity contribution is -0.0426. The number of hydrogen-bond donors (Lipinski definition) is 0. The zero-order chi connectivity index (χ0) is 24.6. The summed E-state index contributed by atoms with van der Waals surface area (Å²) >= 11 is 6.68. The Labute approximate surface area is 217 Å². The van der Waals surface area contributed by atoms with Crippen molar-refractivity contribution in [3.05, 3.63) is 51.4 Å². The third kappa shape index (κ3) is 3.45. The smallest absolute Gasteiger partial charge is 0.260 e. The van der Waals surface area contributed by atoms with Gasteiger partial charge in [0.1, 0.15) is 5.65 Å². The van der Waals surface area contributed by atoms with Crippen molar-refractivity contribution in [1.82, 2.24) is 14.5 Å². The van der Waals surface area contributed by atoms with E-state index < -0.39 is 0 Å². The Kier molecular flexibility index (Phi) is 5.25. The number of rotatable bonds is 3. The van der Waals surface area contributed by atoms with Gasteiger partial charge in [0.2, 0.25) is 5.95 Å². The summed E-state index contributed by atoms with van der Waals surface area (Å²) in [7, 11) is 0.